The van der Waals surface area contributed by atoms with Crippen molar-refractivity contribution in [3.63, 3.8) is 0 Å². The lowest BCUT2D eigenvalue weighted by Crippen LogP contribution is -2.28. The number of methoxy groups -OCH3 is 3. The van der Waals surface area contributed by atoms with Gasteiger partial charge in [0.1, 0.15) is 5.75 Å². The zero-order valence-corrected chi connectivity index (χ0v) is 12.5. The summed E-state index contributed by atoms with van der Waals surface area (Å²) in [6.07, 6.45) is 0. The van der Waals surface area contributed by atoms with Gasteiger partial charge in [0.15, 0.2) is 11.5 Å². The van der Waals surface area contributed by atoms with Gasteiger partial charge in [-0.15, -0.1) is 0 Å². The highest BCUT2D eigenvalue weighted by atomic mass is 32.1. The summed E-state index contributed by atoms with van der Waals surface area (Å²) in [5, 5.41) is 4.05. The molecule has 2 rings (SSSR count). The summed E-state index contributed by atoms with van der Waals surface area (Å²) in [5.74, 6) is 7.66. The van der Waals surface area contributed by atoms with Crippen LogP contribution in [0.25, 0.3) is 0 Å². The first-order valence-corrected chi connectivity index (χ1v) is 6.97. The van der Waals surface area contributed by atoms with E-state index in [1.54, 1.807) is 38.7 Å². The predicted octanol–water partition coefficient (Wildman–Crippen LogP) is 2.33. The molecule has 1 aromatic heterocycles. The highest BCUT2D eigenvalue weighted by Crippen LogP contribution is 2.39. The van der Waals surface area contributed by atoms with Crippen LogP contribution in [0, 0.1) is 0 Å². The van der Waals surface area contributed by atoms with Crippen molar-refractivity contribution in [1.29, 1.82) is 0 Å². The Balaban J connectivity index is 2.53. The van der Waals surface area contributed by atoms with Gasteiger partial charge in [0.2, 0.25) is 0 Å². The van der Waals surface area contributed by atoms with E-state index in [0.717, 1.165) is 11.1 Å². The Bertz CT molecular complexity index is 558. The van der Waals surface area contributed by atoms with Crippen LogP contribution < -0.4 is 25.5 Å². The smallest absolute Gasteiger partial charge is 0.164 e. The molecule has 20 heavy (non-hydrogen) atoms. The number of hydrogen-bond donors (Lipinski definition) is 2. The van der Waals surface area contributed by atoms with Crippen molar-refractivity contribution in [3.05, 3.63) is 40.1 Å². The largest absolute Gasteiger partial charge is 0.496 e. The van der Waals surface area contributed by atoms with Crippen LogP contribution in [0.15, 0.2) is 29.0 Å². The van der Waals surface area contributed by atoms with Crippen LogP contribution in [0.2, 0.25) is 0 Å². The second-order valence-corrected chi connectivity index (χ2v) is 4.89. The lowest BCUT2D eigenvalue weighted by Gasteiger charge is -2.20. The van der Waals surface area contributed by atoms with Crippen molar-refractivity contribution >= 4 is 11.3 Å². The topological polar surface area (TPSA) is 65.7 Å². The molecule has 0 spiro atoms. The normalized spacial score (nSPS) is 12.0. The summed E-state index contributed by atoms with van der Waals surface area (Å²) in [6, 6.07) is 5.52. The average molecular weight is 294 g/mol. The van der Waals surface area contributed by atoms with Crippen LogP contribution in [0.3, 0.4) is 0 Å². The van der Waals surface area contributed by atoms with E-state index in [0.29, 0.717) is 17.2 Å². The summed E-state index contributed by atoms with van der Waals surface area (Å²) in [4.78, 5) is 0. The number of ether oxygens (including phenoxy) is 3. The van der Waals surface area contributed by atoms with Gasteiger partial charge >= 0.3 is 0 Å². The van der Waals surface area contributed by atoms with E-state index in [4.69, 9.17) is 20.1 Å². The van der Waals surface area contributed by atoms with E-state index >= 15 is 0 Å². The molecule has 0 saturated heterocycles. The van der Waals surface area contributed by atoms with Crippen LogP contribution >= 0.6 is 11.3 Å². The zero-order valence-electron chi connectivity index (χ0n) is 11.7. The molecule has 0 aliphatic rings. The number of benzene rings is 1. The van der Waals surface area contributed by atoms with Gasteiger partial charge in [-0.1, -0.05) is 0 Å². The minimum atomic E-state index is -0.170. The molecule has 0 aliphatic carbocycles. The second-order valence-electron chi connectivity index (χ2n) is 4.11. The summed E-state index contributed by atoms with van der Waals surface area (Å²) in [5.41, 5.74) is 4.78. The van der Waals surface area contributed by atoms with E-state index in [1.165, 1.54) is 0 Å². The van der Waals surface area contributed by atoms with Gasteiger partial charge in [0, 0.05) is 11.6 Å². The third-order valence-electron chi connectivity index (χ3n) is 3.09. The van der Waals surface area contributed by atoms with Crippen molar-refractivity contribution in [2.45, 2.75) is 6.04 Å². The van der Waals surface area contributed by atoms with E-state index in [9.17, 15) is 0 Å². The van der Waals surface area contributed by atoms with Crippen molar-refractivity contribution in [2.75, 3.05) is 21.3 Å². The summed E-state index contributed by atoms with van der Waals surface area (Å²) >= 11 is 1.62. The quantitative estimate of drug-likeness (QED) is 0.632. The molecule has 0 amide bonds. The fourth-order valence-electron chi connectivity index (χ4n) is 2.08. The molecule has 0 bridgehead atoms. The molecule has 1 atom stereocenters. The van der Waals surface area contributed by atoms with Gasteiger partial charge in [-0.3, -0.25) is 5.84 Å². The number of hydrazine groups is 1. The lowest BCUT2D eigenvalue weighted by molar-refractivity contribution is 0.346. The summed E-state index contributed by atoms with van der Waals surface area (Å²) in [6.45, 7) is 0. The van der Waals surface area contributed by atoms with Gasteiger partial charge in [0.25, 0.3) is 0 Å². The van der Waals surface area contributed by atoms with E-state index in [1.807, 2.05) is 22.9 Å². The molecule has 0 aliphatic heterocycles. The monoisotopic (exact) mass is 294 g/mol. The van der Waals surface area contributed by atoms with Crippen LogP contribution in [-0.2, 0) is 0 Å². The number of nitrogens with one attached hydrogen (secondary N) is 1. The molecule has 6 heteroatoms. The highest BCUT2D eigenvalue weighted by Gasteiger charge is 2.20. The predicted molar refractivity (Wildman–Crippen MR) is 79.6 cm³/mol. The Kier molecular flexibility index (Phi) is 4.84. The van der Waals surface area contributed by atoms with Gasteiger partial charge in [0.05, 0.1) is 27.4 Å². The molecule has 0 saturated carbocycles. The number of nitrogens with two attached hydrogens (primary N) is 1. The van der Waals surface area contributed by atoms with Crippen LogP contribution in [0.5, 0.6) is 17.2 Å². The standard InChI is InChI=1S/C14H18N2O3S/c1-17-11-7-13(19-3)12(18-2)6-10(11)14(16-15)9-4-5-20-8-9/h4-8,14,16H,15H2,1-3H3. The first-order chi connectivity index (χ1) is 9.74. The molecule has 108 valence electrons. The molecule has 0 fully saturated rings. The van der Waals surface area contributed by atoms with Crippen molar-refractivity contribution < 1.29 is 14.2 Å². The average Bonchev–Trinajstić information content (AvgIpc) is 3.01. The maximum atomic E-state index is 5.71. The second kappa shape index (κ2) is 6.60. The van der Waals surface area contributed by atoms with Gasteiger partial charge < -0.3 is 14.2 Å². The Morgan fingerprint density at radius 1 is 1.05 bits per heavy atom. The molecule has 1 heterocycles. The number of thiophene rings is 1. The SMILES string of the molecule is COc1cc(OC)c(C(NN)c2ccsc2)cc1OC. The van der Waals surface area contributed by atoms with E-state index < -0.39 is 0 Å². The van der Waals surface area contributed by atoms with Crippen molar-refractivity contribution in [2.24, 2.45) is 5.84 Å². The Morgan fingerprint density at radius 2 is 1.70 bits per heavy atom. The van der Waals surface area contributed by atoms with Crippen LogP contribution in [0.1, 0.15) is 17.2 Å². The summed E-state index contributed by atoms with van der Waals surface area (Å²) in [7, 11) is 4.81. The van der Waals surface area contributed by atoms with Gasteiger partial charge in [-0.05, 0) is 28.5 Å². The maximum absolute atomic E-state index is 5.71. The molecular weight excluding hydrogens is 276 g/mol. The highest BCUT2D eigenvalue weighted by molar-refractivity contribution is 7.08. The minimum Gasteiger partial charge on any atom is -0.496 e. The van der Waals surface area contributed by atoms with E-state index in [-0.39, 0.29) is 6.04 Å². The number of rotatable bonds is 6. The Morgan fingerprint density at radius 3 is 2.20 bits per heavy atom. The molecule has 5 nitrogen and oxygen atoms in total. The summed E-state index contributed by atoms with van der Waals surface area (Å²) < 4.78 is 16.1. The third kappa shape index (κ3) is 2.72. The van der Waals surface area contributed by atoms with Crippen molar-refractivity contribution in [1.82, 2.24) is 5.43 Å². The fraction of sp³-hybridized carbons (Fsp3) is 0.286. The molecule has 2 aromatic rings. The van der Waals surface area contributed by atoms with Crippen LogP contribution in [-0.4, -0.2) is 21.3 Å². The Labute approximate surface area is 122 Å². The Hall–Kier alpha value is -1.76. The van der Waals surface area contributed by atoms with Crippen molar-refractivity contribution in [3.8, 4) is 17.2 Å². The number of hydrogen-bond acceptors (Lipinski definition) is 6. The maximum Gasteiger partial charge on any atom is 0.164 e. The molecule has 3 N–H and O–H groups in total. The molecule has 1 unspecified atom stereocenters. The molecule has 0 radical (unpaired) electrons. The lowest BCUT2D eigenvalue weighted by atomic mass is 10.00. The minimum absolute atomic E-state index is 0.170. The third-order valence-corrected chi connectivity index (χ3v) is 3.79. The van der Waals surface area contributed by atoms with Gasteiger partial charge in [-0.25, -0.2) is 5.43 Å². The first-order valence-electron chi connectivity index (χ1n) is 6.03. The first kappa shape index (κ1) is 14.6. The molecule has 1 aromatic carbocycles. The van der Waals surface area contributed by atoms with Gasteiger partial charge in [-0.2, -0.15) is 11.3 Å². The fourth-order valence-corrected chi connectivity index (χ4v) is 2.77. The van der Waals surface area contributed by atoms with Crippen LogP contribution in [0.4, 0.5) is 0 Å². The molecular formula is C14H18N2O3S. The van der Waals surface area contributed by atoms with E-state index in [2.05, 4.69) is 5.43 Å². The zero-order chi connectivity index (χ0) is 14.5.